The van der Waals surface area contributed by atoms with E-state index in [9.17, 15) is 26.3 Å². The van der Waals surface area contributed by atoms with Gasteiger partial charge in [-0.1, -0.05) is 12.1 Å². The summed E-state index contributed by atoms with van der Waals surface area (Å²) in [5.74, 6) is 0. The molecule has 0 atom stereocenters. The largest absolute Gasteiger partial charge is 0.433 e. The van der Waals surface area contributed by atoms with E-state index in [1.54, 1.807) is 13.8 Å². The summed E-state index contributed by atoms with van der Waals surface area (Å²) in [6.45, 7) is 3.38. The first kappa shape index (κ1) is 17.9. The number of aromatic nitrogens is 2. The summed E-state index contributed by atoms with van der Waals surface area (Å²) < 4.78 is 71.1. The lowest BCUT2D eigenvalue weighted by atomic mass is 10.3. The third kappa shape index (κ3) is 5.71. The molecule has 0 fully saturated rings. The molecular formula is C14H12F6N2. The minimum absolute atomic E-state index is 0.720. The third-order valence-electron chi connectivity index (χ3n) is 2.40. The molecule has 0 amide bonds. The van der Waals surface area contributed by atoms with Crippen molar-refractivity contribution in [2.75, 3.05) is 0 Å². The Morgan fingerprint density at radius 2 is 0.955 bits per heavy atom. The Balaban J connectivity index is 0.000000220. The van der Waals surface area contributed by atoms with Crippen molar-refractivity contribution in [2.24, 2.45) is 0 Å². The molecule has 0 bridgehead atoms. The Kier molecular flexibility index (Phi) is 5.51. The molecule has 2 heterocycles. The van der Waals surface area contributed by atoms with E-state index in [4.69, 9.17) is 0 Å². The highest BCUT2D eigenvalue weighted by Gasteiger charge is 2.32. The van der Waals surface area contributed by atoms with Gasteiger partial charge in [-0.15, -0.1) is 0 Å². The summed E-state index contributed by atoms with van der Waals surface area (Å²) >= 11 is 0. The number of alkyl halides is 6. The van der Waals surface area contributed by atoms with Gasteiger partial charge in [0.05, 0.1) is 0 Å². The van der Waals surface area contributed by atoms with Crippen molar-refractivity contribution in [1.82, 2.24) is 9.97 Å². The second kappa shape index (κ2) is 6.76. The highest BCUT2D eigenvalue weighted by Crippen LogP contribution is 2.27. The van der Waals surface area contributed by atoms with Crippen LogP contribution in [-0.2, 0) is 12.4 Å². The molecule has 0 radical (unpaired) electrons. The van der Waals surface area contributed by atoms with Crippen LogP contribution in [-0.4, -0.2) is 9.97 Å². The molecule has 8 heteroatoms. The van der Waals surface area contributed by atoms with E-state index in [0.29, 0.717) is 0 Å². The number of hydrogen-bond acceptors (Lipinski definition) is 2. The summed E-state index contributed by atoms with van der Waals surface area (Å²) in [6, 6.07) is 4.70. The maximum Gasteiger partial charge on any atom is 0.433 e. The zero-order valence-electron chi connectivity index (χ0n) is 11.6. The molecule has 0 aliphatic carbocycles. The first-order valence-electron chi connectivity index (χ1n) is 6.00. The summed E-state index contributed by atoms with van der Waals surface area (Å²) in [6.07, 6.45) is -6.26. The lowest BCUT2D eigenvalue weighted by molar-refractivity contribution is -0.142. The number of nitrogens with zero attached hydrogens (tertiary/aromatic N) is 2. The minimum Gasteiger partial charge on any atom is -0.252 e. The average Bonchev–Trinajstić information content (AvgIpc) is 2.38. The van der Waals surface area contributed by atoms with E-state index in [1.807, 2.05) is 0 Å². The predicted octanol–water partition coefficient (Wildman–Crippen LogP) is 4.82. The molecule has 2 aromatic heterocycles. The molecule has 22 heavy (non-hydrogen) atoms. The second-order valence-electron chi connectivity index (χ2n) is 4.44. The van der Waals surface area contributed by atoms with E-state index in [0.717, 1.165) is 23.3 Å². The molecule has 0 saturated heterocycles. The van der Waals surface area contributed by atoms with Crippen LogP contribution >= 0.6 is 0 Å². The first-order valence-corrected chi connectivity index (χ1v) is 6.00. The Hall–Kier alpha value is -2.12. The molecule has 0 saturated carbocycles. The van der Waals surface area contributed by atoms with Crippen LogP contribution in [0.15, 0.2) is 36.7 Å². The quantitative estimate of drug-likeness (QED) is 0.650. The van der Waals surface area contributed by atoms with Crippen LogP contribution in [0.25, 0.3) is 0 Å². The summed E-state index contributed by atoms with van der Waals surface area (Å²) in [4.78, 5) is 6.45. The second-order valence-corrected chi connectivity index (χ2v) is 4.44. The molecule has 0 unspecified atom stereocenters. The van der Waals surface area contributed by atoms with Gasteiger partial charge in [-0.2, -0.15) is 26.3 Å². The summed E-state index contributed by atoms with van der Waals surface area (Å²) in [5, 5.41) is 0. The van der Waals surface area contributed by atoms with Gasteiger partial charge < -0.3 is 0 Å². The highest BCUT2D eigenvalue weighted by molar-refractivity contribution is 5.14. The Morgan fingerprint density at radius 1 is 0.636 bits per heavy atom. The van der Waals surface area contributed by atoms with Crippen LogP contribution in [0.1, 0.15) is 22.5 Å². The predicted molar refractivity (Wildman–Crippen MR) is 68.0 cm³/mol. The summed E-state index contributed by atoms with van der Waals surface area (Å²) in [7, 11) is 0. The van der Waals surface area contributed by atoms with Crippen LogP contribution in [0, 0.1) is 13.8 Å². The zero-order valence-corrected chi connectivity index (χ0v) is 11.6. The third-order valence-corrected chi connectivity index (χ3v) is 2.40. The van der Waals surface area contributed by atoms with Crippen molar-refractivity contribution in [1.29, 1.82) is 0 Å². The van der Waals surface area contributed by atoms with Crippen LogP contribution in [0.2, 0.25) is 0 Å². The average molecular weight is 322 g/mol. The van der Waals surface area contributed by atoms with Gasteiger partial charge in [0.15, 0.2) is 0 Å². The van der Waals surface area contributed by atoms with Crippen molar-refractivity contribution in [3.8, 4) is 0 Å². The van der Waals surface area contributed by atoms with E-state index < -0.39 is 23.7 Å². The van der Waals surface area contributed by atoms with Gasteiger partial charge in [0.1, 0.15) is 11.4 Å². The van der Waals surface area contributed by atoms with Crippen molar-refractivity contribution >= 4 is 0 Å². The minimum atomic E-state index is -4.33. The van der Waals surface area contributed by atoms with Gasteiger partial charge in [-0.3, -0.25) is 9.97 Å². The molecule has 120 valence electrons. The van der Waals surface area contributed by atoms with Gasteiger partial charge in [0.2, 0.25) is 0 Å². The number of aryl methyl sites for hydroxylation is 2. The molecule has 2 rings (SSSR count). The number of rotatable bonds is 0. The molecular weight excluding hydrogens is 310 g/mol. The van der Waals surface area contributed by atoms with Crippen molar-refractivity contribution in [3.63, 3.8) is 0 Å². The summed E-state index contributed by atoms with van der Waals surface area (Å²) in [5.41, 5.74) is -0.248. The number of hydrogen-bond donors (Lipinski definition) is 0. The van der Waals surface area contributed by atoms with Crippen LogP contribution in [0.4, 0.5) is 26.3 Å². The fourth-order valence-electron chi connectivity index (χ4n) is 1.27. The first-order chi connectivity index (χ1) is 10.00. The fourth-order valence-corrected chi connectivity index (χ4v) is 1.27. The molecule has 0 aliphatic heterocycles. The van der Waals surface area contributed by atoms with E-state index in [1.165, 1.54) is 24.5 Å². The highest BCUT2D eigenvalue weighted by atomic mass is 19.4. The van der Waals surface area contributed by atoms with Crippen LogP contribution < -0.4 is 0 Å². The molecule has 0 aromatic carbocycles. The number of halogens is 6. The van der Waals surface area contributed by atoms with Crippen molar-refractivity contribution < 1.29 is 26.3 Å². The SMILES string of the molecule is Cc1ccc(C(F)(F)F)nc1.Cc1ccc(C(F)(F)F)nc1. The Morgan fingerprint density at radius 3 is 1.14 bits per heavy atom. The van der Waals surface area contributed by atoms with Gasteiger partial charge in [-0.05, 0) is 37.1 Å². The van der Waals surface area contributed by atoms with Crippen LogP contribution in [0.5, 0.6) is 0 Å². The monoisotopic (exact) mass is 322 g/mol. The van der Waals surface area contributed by atoms with Gasteiger partial charge in [0.25, 0.3) is 0 Å². The van der Waals surface area contributed by atoms with Crippen molar-refractivity contribution in [3.05, 3.63) is 59.2 Å². The number of pyridine rings is 2. The fraction of sp³-hybridized carbons (Fsp3) is 0.286. The lowest BCUT2D eigenvalue weighted by Gasteiger charge is -2.03. The molecule has 0 N–H and O–H groups in total. The van der Waals surface area contributed by atoms with Crippen LogP contribution in [0.3, 0.4) is 0 Å². The smallest absolute Gasteiger partial charge is 0.252 e. The van der Waals surface area contributed by atoms with E-state index >= 15 is 0 Å². The van der Waals surface area contributed by atoms with Gasteiger partial charge in [0, 0.05) is 12.4 Å². The maximum absolute atomic E-state index is 11.9. The van der Waals surface area contributed by atoms with Crippen molar-refractivity contribution in [2.45, 2.75) is 26.2 Å². The molecule has 2 aromatic rings. The van der Waals surface area contributed by atoms with E-state index in [2.05, 4.69) is 9.97 Å². The molecule has 0 spiro atoms. The van der Waals surface area contributed by atoms with Gasteiger partial charge >= 0.3 is 12.4 Å². The Labute approximate surface area is 122 Å². The Bertz CT molecular complexity index is 529. The topological polar surface area (TPSA) is 25.8 Å². The lowest BCUT2D eigenvalue weighted by Crippen LogP contribution is -2.07. The van der Waals surface area contributed by atoms with Gasteiger partial charge in [-0.25, -0.2) is 0 Å². The maximum atomic E-state index is 11.9. The normalized spacial score (nSPS) is 11.6. The van der Waals surface area contributed by atoms with E-state index in [-0.39, 0.29) is 0 Å². The standard InChI is InChI=1S/2C7H6F3N/c2*1-5-2-3-6(11-4-5)7(8,9)10/h2*2-4H,1H3. The zero-order chi connectivity index (χ0) is 17.0. The molecule has 0 aliphatic rings. The molecule has 2 nitrogen and oxygen atoms in total.